The second kappa shape index (κ2) is 5.35. The summed E-state index contributed by atoms with van der Waals surface area (Å²) < 4.78 is 0. The van der Waals surface area contributed by atoms with Crippen LogP contribution in [0.15, 0.2) is 16.9 Å². The van der Waals surface area contributed by atoms with Crippen LogP contribution in [0.1, 0.15) is 28.9 Å². The molecule has 1 fully saturated rings. The fourth-order valence-electron chi connectivity index (χ4n) is 2.31. The molecule has 2 rings (SSSR count). The quantitative estimate of drug-likeness (QED) is 0.804. The Morgan fingerprint density at radius 2 is 2.11 bits per heavy atom. The van der Waals surface area contributed by atoms with Gasteiger partial charge in [-0.15, -0.1) is 0 Å². The molecular formula is C13H18N2O3. The number of hydrogen-bond acceptors (Lipinski definition) is 3. The highest BCUT2D eigenvalue weighted by molar-refractivity contribution is 5.94. The third-order valence-corrected chi connectivity index (χ3v) is 3.39. The van der Waals surface area contributed by atoms with Crippen LogP contribution in [-0.2, 0) is 0 Å². The Morgan fingerprint density at radius 1 is 1.44 bits per heavy atom. The van der Waals surface area contributed by atoms with Gasteiger partial charge in [-0.05, 0) is 31.7 Å². The molecule has 2 heterocycles. The molecule has 0 atom stereocenters. The van der Waals surface area contributed by atoms with Crippen LogP contribution >= 0.6 is 0 Å². The highest BCUT2D eigenvalue weighted by Crippen LogP contribution is 2.18. The molecule has 1 amide bonds. The van der Waals surface area contributed by atoms with Gasteiger partial charge in [0.1, 0.15) is 0 Å². The minimum Gasteiger partial charge on any atom is -0.396 e. The third kappa shape index (κ3) is 2.79. The Hall–Kier alpha value is -1.62. The summed E-state index contributed by atoms with van der Waals surface area (Å²) in [5.41, 5.74) is 0.887. The molecule has 0 aromatic carbocycles. The Bertz CT molecular complexity index is 487. The van der Waals surface area contributed by atoms with E-state index in [0.717, 1.165) is 12.8 Å². The number of aliphatic hydroxyl groups excluding tert-OH is 1. The number of nitrogens with one attached hydrogen (secondary N) is 1. The zero-order valence-corrected chi connectivity index (χ0v) is 10.5. The predicted molar refractivity (Wildman–Crippen MR) is 67.5 cm³/mol. The SMILES string of the molecule is Cc1cc(C(=O)N2CCC(CO)CC2)cc(=O)[nH]1. The highest BCUT2D eigenvalue weighted by atomic mass is 16.3. The van der Waals surface area contributed by atoms with Crippen LogP contribution in [0.4, 0.5) is 0 Å². The number of likely N-dealkylation sites (tertiary alicyclic amines) is 1. The number of rotatable bonds is 2. The standard InChI is InChI=1S/C13H18N2O3/c1-9-6-11(7-12(17)14-9)13(18)15-4-2-10(8-16)3-5-15/h6-7,10,16H,2-5,8H2,1H3,(H,14,17). The van der Waals surface area contributed by atoms with Crippen LogP contribution in [0, 0.1) is 12.8 Å². The molecular weight excluding hydrogens is 232 g/mol. The smallest absolute Gasteiger partial charge is 0.254 e. The minimum atomic E-state index is -0.247. The van der Waals surface area contributed by atoms with Crippen LogP contribution in [0.25, 0.3) is 0 Å². The van der Waals surface area contributed by atoms with Crippen molar-refractivity contribution >= 4 is 5.91 Å². The number of piperidine rings is 1. The highest BCUT2D eigenvalue weighted by Gasteiger charge is 2.23. The van der Waals surface area contributed by atoms with Crippen molar-refractivity contribution < 1.29 is 9.90 Å². The predicted octanol–water partition coefficient (Wildman–Crippen LogP) is 0.528. The number of aromatic amines is 1. The second-order valence-electron chi connectivity index (χ2n) is 4.83. The number of aliphatic hydroxyl groups is 1. The van der Waals surface area contributed by atoms with E-state index in [1.807, 2.05) is 0 Å². The van der Waals surface area contributed by atoms with E-state index in [9.17, 15) is 9.59 Å². The monoisotopic (exact) mass is 250 g/mol. The zero-order chi connectivity index (χ0) is 13.1. The van der Waals surface area contributed by atoms with Gasteiger partial charge in [0.05, 0.1) is 0 Å². The summed E-state index contributed by atoms with van der Waals surface area (Å²) in [5, 5.41) is 9.06. The van der Waals surface area contributed by atoms with E-state index in [-0.39, 0.29) is 18.1 Å². The van der Waals surface area contributed by atoms with E-state index in [1.54, 1.807) is 17.9 Å². The third-order valence-electron chi connectivity index (χ3n) is 3.39. The first-order valence-electron chi connectivity index (χ1n) is 6.21. The molecule has 5 heteroatoms. The van der Waals surface area contributed by atoms with Crippen LogP contribution in [0.2, 0.25) is 0 Å². The van der Waals surface area contributed by atoms with Gasteiger partial charge in [-0.3, -0.25) is 9.59 Å². The zero-order valence-electron chi connectivity index (χ0n) is 10.5. The van der Waals surface area contributed by atoms with Crippen LogP contribution in [0.5, 0.6) is 0 Å². The first kappa shape index (κ1) is 12.8. The number of hydrogen-bond donors (Lipinski definition) is 2. The number of carbonyl (C=O) groups excluding carboxylic acids is 1. The first-order valence-corrected chi connectivity index (χ1v) is 6.21. The normalized spacial score (nSPS) is 16.9. The lowest BCUT2D eigenvalue weighted by Crippen LogP contribution is -2.39. The molecule has 1 aliphatic heterocycles. The largest absolute Gasteiger partial charge is 0.396 e. The minimum absolute atomic E-state index is 0.0967. The molecule has 98 valence electrons. The maximum atomic E-state index is 12.2. The molecule has 18 heavy (non-hydrogen) atoms. The fourth-order valence-corrected chi connectivity index (χ4v) is 2.31. The number of nitrogens with zero attached hydrogens (tertiary/aromatic N) is 1. The van der Waals surface area contributed by atoms with Crippen molar-refractivity contribution in [1.29, 1.82) is 0 Å². The van der Waals surface area contributed by atoms with Crippen molar-refractivity contribution in [3.63, 3.8) is 0 Å². The van der Waals surface area contributed by atoms with Crippen LogP contribution in [0.3, 0.4) is 0 Å². The van der Waals surface area contributed by atoms with Gasteiger partial charge < -0.3 is 15.0 Å². The molecule has 1 aromatic rings. The number of aromatic nitrogens is 1. The average Bonchev–Trinajstić information content (AvgIpc) is 2.37. The molecule has 0 aliphatic carbocycles. The molecule has 0 radical (unpaired) electrons. The lowest BCUT2D eigenvalue weighted by molar-refractivity contribution is 0.0650. The van der Waals surface area contributed by atoms with E-state index in [4.69, 9.17) is 5.11 Å². The number of aryl methyl sites for hydroxylation is 1. The van der Waals surface area contributed by atoms with E-state index in [1.165, 1.54) is 6.07 Å². The van der Waals surface area contributed by atoms with Gasteiger partial charge >= 0.3 is 0 Å². The number of pyridine rings is 1. The Labute approximate surface area is 105 Å². The maximum absolute atomic E-state index is 12.2. The van der Waals surface area contributed by atoms with E-state index in [2.05, 4.69) is 4.98 Å². The molecule has 0 saturated carbocycles. The van der Waals surface area contributed by atoms with Crippen molar-refractivity contribution in [3.05, 3.63) is 33.7 Å². The molecule has 2 N–H and O–H groups in total. The fraction of sp³-hybridized carbons (Fsp3) is 0.538. The molecule has 5 nitrogen and oxygen atoms in total. The molecule has 0 spiro atoms. The molecule has 0 bridgehead atoms. The van der Waals surface area contributed by atoms with Gasteiger partial charge in [0.25, 0.3) is 5.91 Å². The number of carbonyl (C=O) groups is 1. The maximum Gasteiger partial charge on any atom is 0.254 e. The van der Waals surface area contributed by atoms with E-state index in [0.29, 0.717) is 30.3 Å². The molecule has 1 aliphatic rings. The lowest BCUT2D eigenvalue weighted by atomic mass is 9.97. The van der Waals surface area contributed by atoms with E-state index < -0.39 is 0 Å². The van der Waals surface area contributed by atoms with Crippen LogP contribution in [-0.4, -0.2) is 40.6 Å². The average molecular weight is 250 g/mol. The topological polar surface area (TPSA) is 73.4 Å². The second-order valence-corrected chi connectivity index (χ2v) is 4.83. The summed E-state index contributed by atoms with van der Waals surface area (Å²) in [6, 6.07) is 3.04. The van der Waals surface area contributed by atoms with Gasteiger partial charge in [0, 0.05) is 37.0 Å². The van der Waals surface area contributed by atoms with Crippen LogP contribution < -0.4 is 5.56 Å². The Kier molecular flexibility index (Phi) is 3.81. The van der Waals surface area contributed by atoms with Gasteiger partial charge in [-0.25, -0.2) is 0 Å². The van der Waals surface area contributed by atoms with Gasteiger partial charge in [0.15, 0.2) is 0 Å². The lowest BCUT2D eigenvalue weighted by Gasteiger charge is -2.31. The summed E-state index contributed by atoms with van der Waals surface area (Å²) in [6.07, 6.45) is 1.65. The molecule has 1 aromatic heterocycles. The van der Waals surface area contributed by atoms with Crippen molar-refractivity contribution in [2.24, 2.45) is 5.92 Å². The van der Waals surface area contributed by atoms with Crippen molar-refractivity contribution in [1.82, 2.24) is 9.88 Å². The number of H-pyrrole nitrogens is 1. The Balaban J connectivity index is 2.10. The van der Waals surface area contributed by atoms with E-state index >= 15 is 0 Å². The van der Waals surface area contributed by atoms with Crippen molar-refractivity contribution in [2.75, 3.05) is 19.7 Å². The van der Waals surface area contributed by atoms with Gasteiger partial charge in [-0.1, -0.05) is 0 Å². The molecule has 0 unspecified atom stereocenters. The van der Waals surface area contributed by atoms with Crippen molar-refractivity contribution in [3.8, 4) is 0 Å². The summed E-state index contributed by atoms with van der Waals surface area (Å²) in [5.74, 6) is 0.204. The summed E-state index contributed by atoms with van der Waals surface area (Å²) >= 11 is 0. The summed E-state index contributed by atoms with van der Waals surface area (Å²) in [4.78, 5) is 27.9. The van der Waals surface area contributed by atoms with Gasteiger partial charge in [0.2, 0.25) is 5.56 Å². The van der Waals surface area contributed by atoms with Gasteiger partial charge in [-0.2, -0.15) is 0 Å². The first-order chi connectivity index (χ1) is 8.60. The number of amides is 1. The summed E-state index contributed by atoms with van der Waals surface area (Å²) in [6.45, 7) is 3.24. The molecule has 1 saturated heterocycles. The summed E-state index contributed by atoms with van der Waals surface area (Å²) in [7, 11) is 0. The Morgan fingerprint density at radius 3 is 2.67 bits per heavy atom. The van der Waals surface area contributed by atoms with Crippen molar-refractivity contribution in [2.45, 2.75) is 19.8 Å².